The number of halogens is 2. The molecule has 3 aromatic rings. The maximum atomic E-state index is 15.2. The fourth-order valence-electron chi connectivity index (χ4n) is 4.08. The summed E-state index contributed by atoms with van der Waals surface area (Å²) in [4.78, 5) is 20.6. The number of amides is 1. The zero-order valence-electron chi connectivity index (χ0n) is 19.9. The van der Waals surface area contributed by atoms with Crippen LogP contribution in [0.25, 0.3) is 21.9 Å². The van der Waals surface area contributed by atoms with Crippen molar-refractivity contribution in [1.82, 2.24) is 15.3 Å². The summed E-state index contributed by atoms with van der Waals surface area (Å²) in [5.41, 5.74) is 8.58. The molecule has 1 aromatic carbocycles. The number of fused-ring (bicyclic) bond motifs is 2. The van der Waals surface area contributed by atoms with Crippen LogP contribution in [-0.4, -0.2) is 54.6 Å². The van der Waals surface area contributed by atoms with E-state index in [4.69, 9.17) is 15.2 Å². The van der Waals surface area contributed by atoms with Gasteiger partial charge in [-0.05, 0) is 49.3 Å². The Morgan fingerprint density at radius 1 is 1.22 bits per heavy atom. The third-order valence-electron chi connectivity index (χ3n) is 6.52. The number of hydrogen-bond acceptors (Lipinski definition) is 8. The number of nitrogens with zero attached hydrogens (tertiary/aromatic N) is 2. The number of ether oxygens (including phenoxy) is 2. The number of rotatable bonds is 3. The number of carbonyl (C=O) groups is 1. The minimum Gasteiger partial charge on any atom is -0.474 e. The van der Waals surface area contributed by atoms with E-state index in [-0.39, 0.29) is 11.8 Å². The van der Waals surface area contributed by atoms with Gasteiger partial charge in [-0.3, -0.25) is 5.32 Å². The van der Waals surface area contributed by atoms with Gasteiger partial charge in [-0.25, -0.2) is 23.5 Å². The number of nitrogens with one attached hydrogen (secondary N) is 3. The van der Waals surface area contributed by atoms with Crippen molar-refractivity contribution < 1.29 is 23.0 Å². The van der Waals surface area contributed by atoms with E-state index in [1.54, 1.807) is 18.3 Å². The molecular weight excluding hydrogens is 470 g/mol. The zero-order valence-corrected chi connectivity index (χ0v) is 19.9. The molecule has 0 atom stereocenters. The number of aromatic nitrogens is 2. The smallest absolute Gasteiger partial charge is 0.413 e. The molecule has 190 valence electrons. The number of carbonyl (C=O) groups excluding carboxylic acids is 1. The van der Waals surface area contributed by atoms with Crippen molar-refractivity contribution in [1.29, 1.82) is 0 Å². The monoisotopic (exact) mass is 498 g/mol. The zero-order chi connectivity index (χ0) is 25.2. The molecule has 1 aliphatic carbocycles. The Balaban J connectivity index is 0.000000477. The molecule has 0 spiro atoms. The molecule has 1 saturated heterocycles. The van der Waals surface area contributed by atoms with E-state index >= 15 is 4.39 Å². The van der Waals surface area contributed by atoms with Crippen LogP contribution in [0.3, 0.4) is 0 Å². The lowest BCUT2D eigenvalue weighted by molar-refractivity contribution is 0.0623. The Kier molecular flexibility index (Phi) is 6.73. The predicted octanol–water partition coefficient (Wildman–Crippen LogP) is 4.16. The number of alkyl halides is 1. The largest absolute Gasteiger partial charge is 0.474 e. The molecule has 36 heavy (non-hydrogen) atoms. The fourth-order valence-corrected chi connectivity index (χ4v) is 4.08. The summed E-state index contributed by atoms with van der Waals surface area (Å²) in [6.07, 6.45) is 4.73. The molecule has 1 saturated carbocycles. The Morgan fingerprint density at radius 2 is 2.00 bits per heavy atom. The van der Waals surface area contributed by atoms with Gasteiger partial charge in [-0.15, -0.1) is 0 Å². The van der Waals surface area contributed by atoms with Crippen LogP contribution in [0.2, 0.25) is 0 Å². The van der Waals surface area contributed by atoms with Crippen molar-refractivity contribution in [2.24, 2.45) is 0 Å². The van der Waals surface area contributed by atoms with Gasteiger partial charge in [0, 0.05) is 48.5 Å². The highest BCUT2D eigenvalue weighted by Gasteiger charge is 2.23. The van der Waals surface area contributed by atoms with Crippen LogP contribution in [0, 0.1) is 12.7 Å². The number of nitrogen functional groups attached to an aromatic ring is 1. The lowest BCUT2D eigenvalue weighted by Crippen LogP contribution is -2.43. The topological polar surface area (TPSA) is 123 Å². The van der Waals surface area contributed by atoms with Crippen molar-refractivity contribution in [3.05, 3.63) is 35.9 Å². The first-order chi connectivity index (χ1) is 17.4. The maximum Gasteiger partial charge on any atom is 0.413 e. The molecule has 9 nitrogen and oxygen atoms in total. The van der Waals surface area contributed by atoms with Crippen LogP contribution < -0.4 is 26.4 Å². The van der Waals surface area contributed by atoms with Crippen molar-refractivity contribution in [3.8, 4) is 17.0 Å². The Labute approximate surface area is 206 Å². The van der Waals surface area contributed by atoms with E-state index in [1.807, 2.05) is 6.92 Å². The average Bonchev–Trinajstić information content (AvgIpc) is 2.83. The highest BCUT2D eigenvalue weighted by atomic mass is 19.1. The SMILES string of the molecule is Cc1c(-c2cc3cc(NC(=O)OC4CCC4)ncc3c(N)c2F)cnc2c1NCCO2.FC1CNC1. The lowest BCUT2D eigenvalue weighted by atomic mass is 9.96. The van der Waals surface area contributed by atoms with Crippen molar-refractivity contribution in [3.63, 3.8) is 0 Å². The number of anilines is 3. The summed E-state index contributed by atoms with van der Waals surface area (Å²) in [7, 11) is 0. The van der Waals surface area contributed by atoms with Crippen LogP contribution in [0.1, 0.15) is 24.8 Å². The van der Waals surface area contributed by atoms with E-state index in [1.165, 1.54) is 6.20 Å². The van der Waals surface area contributed by atoms with E-state index < -0.39 is 18.1 Å². The molecule has 6 rings (SSSR count). The molecule has 0 radical (unpaired) electrons. The third kappa shape index (κ3) is 4.83. The number of benzene rings is 1. The highest BCUT2D eigenvalue weighted by Crippen LogP contribution is 2.39. The summed E-state index contributed by atoms with van der Waals surface area (Å²) < 4.78 is 37.5. The predicted molar refractivity (Wildman–Crippen MR) is 134 cm³/mol. The number of pyridine rings is 2. The van der Waals surface area contributed by atoms with Crippen LogP contribution in [0.15, 0.2) is 24.5 Å². The van der Waals surface area contributed by atoms with Gasteiger partial charge in [-0.2, -0.15) is 0 Å². The van der Waals surface area contributed by atoms with Crippen LogP contribution >= 0.6 is 0 Å². The highest BCUT2D eigenvalue weighted by molar-refractivity contribution is 5.99. The second-order valence-electron chi connectivity index (χ2n) is 9.03. The van der Waals surface area contributed by atoms with Gasteiger partial charge in [0.2, 0.25) is 5.88 Å². The van der Waals surface area contributed by atoms with Crippen molar-refractivity contribution in [2.75, 3.05) is 42.6 Å². The van der Waals surface area contributed by atoms with Gasteiger partial charge < -0.3 is 25.8 Å². The Bertz CT molecular complexity index is 1300. The van der Waals surface area contributed by atoms with Crippen LogP contribution in [0.5, 0.6) is 5.88 Å². The van der Waals surface area contributed by atoms with Crippen LogP contribution in [0.4, 0.5) is 30.8 Å². The Hall–Kier alpha value is -3.73. The molecule has 0 unspecified atom stereocenters. The van der Waals surface area contributed by atoms with Gasteiger partial charge >= 0.3 is 6.09 Å². The molecule has 3 aliphatic rings. The fraction of sp³-hybridized carbons (Fsp3) is 0.400. The first kappa shape index (κ1) is 24.0. The number of nitrogens with two attached hydrogens (primary N) is 1. The van der Waals surface area contributed by atoms with Crippen molar-refractivity contribution >= 4 is 34.1 Å². The lowest BCUT2D eigenvalue weighted by Gasteiger charge is -2.25. The van der Waals surface area contributed by atoms with Gasteiger partial charge in [0.05, 0.1) is 5.69 Å². The maximum absolute atomic E-state index is 15.2. The summed E-state index contributed by atoms with van der Waals surface area (Å²) in [6, 6.07) is 3.34. The van der Waals surface area contributed by atoms with E-state index in [9.17, 15) is 9.18 Å². The summed E-state index contributed by atoms with van der Waals surface area (Å²) >= 11 is 0. The molecule has 2 aliphatic heterocycles. The minimum absolute atomic E-state index is 0.00933. The van der Waals surface area contributed by atoms with E-state index in [0.29, 0.717) is 59.8 Å². The minimum atomic E-state index is -0.548. The molecule has 2 aromatic heterocycles. The van der Waals surface area contributed by atoms with E-state index in [0.717, 1.165) is 30.5 Å². The molecule has 5 N–H and O–H groups in total. The summed E-state index contributed by atoms with van der Waals surface area (Å²) in [5, 5.41) is 9.78. The van der Waals surface area contributed by atoms with E-state index in [2.05, 4.69) is 25.9 Å². The first-order valence-corrected chi connectivity index (χ1v) is 12.0. The van der Waals surface area contributed by atoms with Gasteiger partial charge in [0.25, 0.3) is 0 Å². The summed E-state index contributed by atoms with van der Waals surface area (Å²) in [6.45, 7) is 4.20. The van der Waals surface area contributed by atoms with Gasteiger partial charge in [0.15, 0.2) is 5.82 Å². The molecule has 2 fully saturated rings. The molecule has 1 amide bonds. The summed E-state index contributed by atoms with van der Waals surface area (Å²) in [5.74, 6) is 0.271. The normalized spacial score (nSPS) is 16.9. The van der Waals surface area contributed by atoms with Gasteiger partial charge in [0.1, 0.15) is 30.4 Å². The number of hydrogen-bond donors (Lipinski definition) is 4. The molecule has 0 bridgehead atoms. The van der Waals surface area contributed by atoms with Gasteiger partial charge in [-0.1, -0.05) is 0 Å². The second-order valence-corrected chi connectivity index (χ2v) is 9.03. The quantitative estimate of drug-likeness (QED) is 0.397. The standard InChI is InChI=1S/C22H22FN5O3.C3H6FN/c1-11-15(9-27-21-20(11)25-5-6-30-21)14-7-12-8-17(26-10-16(12)19(24)18(14)23)28-22(29)31-13-3-2-4-13;4-3-1-5-2-3/h7-10,13,25H,2-6,24H2,1H3,(H,26,28,29);3,5H,1-2H2. The van der Waals surface area contributed by atoms with Crippen LogP contribution in [-0.2, 0) is 4.74 Å². The third-order valence-corrected chi connectivity index (χ3v) is 6.52. The first-order valence-electron chi connectivity index (χ1n) is 12.0. The average molecular weight is 499 g/mol. The Morgan fingerprint density at radius 3 is 2.67 bits per heavy atom. The molecule has 4 heterocycles. The van der Waals surface area contributed by atoms with Crippen molar-refractivity contribution in [2.45, 2.75) is 38.5 Å². The molecular formula is C25H28F2N6O3. The molecule has 11 heteroatoms. The second kappa shape index (κ2) is 10.1.